The second-order valence-electron chi connectivity index (χ2n) is 7.28. The molecule has 0 aromatic heterocycles. The molecule has 0 bridgehead atoms. The number of sulfonamides is 1. The second-order valence-corrected chi connectivity index (χ2v) is 10.7. The fourth-order valence-electron chi connectivity index (χ4n) is 3.39. The zero-order valence-corrected chi connectivity index (χ0v) is 19.6. The quantitative estimate of drug-likeness (QED) is 0.405. The van der Waals surface area contributed by atoms with E-state index in [1.165, 1.54) is 0 Å². The average Bonchev–Trinajstić information content (AvgIpc) is 3.00. The zero-order valence-electron chi connectivity index (χ0n) is 17.1. The monoisotopic (exact) mass is 485 g/mol. The molecule has 1 saturated heterocycles. The third-order valence-electron chi connectivity index (χ3n) is 4.97. The highest BCUT2D eigenvalue weighted by molar-refractivity contribution is 7.99. The van der Waals surface area contributed by atoms with Crippen LogP contribution in [0.1, 0.15) is 31.2 Å². The van der Waals surface area contributed by atoms with Crippen LogP contribution in [0.15, 0.2) is 52.3 Å². The standard InChI is InChI=1S/C21H25F2N3O2S3/c1-15-6-7-17(14-19(15)31(27,28)26-12-4-2-3-5-13-26)25-21(29)24-16-8-10-18(11-9-16)30-20(22)23/h6-11,14,20H,2-5,12-13H2,1H3,(H2,24,25,29). The van der Waals surface area contributed by atoms with Gasteiger partial charge in [-0.25, -0.2) is 8.42 Å². The number of thiocarbonyl (C=S) groups is 1. The van der Waals surface area contributed by atoms with E-state index in [4.69, 9.17) is 12.2 Å². The number of thioether (sulfide) groups is 1. The van der Waals surface area contributed by atoms with Crippen molar-refractivity contribution in [3.8, 4) is 0 Å². The van der Waals surface area contributed by atoms with Gasteiger partial charge in [0.25, 0.3) is 5.76 Å². The van der Waals surface area contributed by atoms with E-state index >= 15 is 0 Å². The Morgan fingerprint density at radius 1 is 1.00 bits per heavy atom. The Morgan fingerprint density at radius 3 is 2.19 bits per heavy atom. The van der Waals surface area contributed by atoms with Gasteiger partial charge in [0.1, 0.15) is 0 Å². The molecule has 5 nitrogen and oxygen atoms in total. The molecule has 2 aromatic rings. The van der Waals surface area contributed by atoms with Gasteiger partial charge in [0.05, 0.1) is 4.90 Å². The van der Waals surface area contributed by atoms with E-state index in [1.54, 1.807) is 53.7 Å². The first kappa shape index (κ1) is 23.9. The van der Waals surface area contributed by atoms with Gasteiger partial charge in [0, 0.05) is 29.4 Å². The summed E-state index contributed by atoms with van der Waals surface area (Å²) in [6, 6.07) is 11.6. The molecule has 1 aliphatic heterocycles. The molecule has 0 saturated carbocycles. The van der Waals surface area contributed by atoms with Gasteiger partial charge >= 0.3 is 0 Å². The second kappa shape index (κ2) is 10.7. The Morgan fingerprint density at radius 2 is 1.58 bits per heavy atom. The Kier molecular flexibility index (Phi) is 8.26. The van der Waals surface area contributed by atoms with Crippen molar-refractivity contribution in [3.05, 3.63) is 48.0 Å². The first-order chi connectivity index (χ1) is 14.8. The van der Waals surface area contributed by atoms with E-state index in [0.717, 1.165) is 25.7 Å². The maximum absolute atomic E-state index is 13.2. The van der Waals surface area contributed by atoms with Crippen LogP contribution in [0.25, 0.3) is 0 Å². The van der Waals surface area contributed by atoms with Gasteiger partial charge in [-0.1, -0.05) is 30.7 Å². The lowest BCUT2D eigenvalue weighted by atomic mass is 10.2. The largest absolute Gasteiger partial charge is 0.332 e. The number of halogens is 2. The molecular weight excluding hydrogens is 460 g/mol. The third-order valence-corrected chi connectivity index (χ3v) is 7.93. The molecule has 1 aliphatic rings. The lowest BCUT2D eigenvalue weighted by Gasteiger charge is -2.22. The molecule has 1 fully saturated rings. The Labute approximate surface area is 191 Å². The minimum Gasteiger partial charge on any atom is -0.332 e. The molecule has 3 rings (SSSR count). The van der Waals surface area contributed by atoms with Crippen molar-refractivity contribution < 1.29 is 17.2 Å². The summed E-state index contributed by atoms with van der Waals surface area (Å²) in [5.41, 5.74) is 1.88. The summed E-state index contributed by atoms with van der Waals surface area (Å²) in [4.78, 5) is 0.733. The van der Waals surface area contributed by atoms with E-state index in [1.807, 2.05) is 0 Å². The molecule has 0 unspecified atom stereocenters. The summed E-state index contributed by atoms with van der Waals surface area (Å²) in [5.74, 6) is -2.47. The molecule has 31 heavy (non-hydrogen) atoms. The van der Waals surface area contributed by atoms with Gasteiger partial charge in [-0.05, 0) is 73.9 Å². The predicted molar refractivity (Wildman–Crippen MR) is 127 cm³/mol. The predicted octanol–water partition coefficient (Wildman–Crippen LogP) is 5.68. The molecule has 0 amide bonds. The number of aryl methyl sites for hydroxylation is 1. The van der Waals surface area contributed by atoms with E-state index < -0.39 is 15.8 Å². The highest BCUT2D eigenvalue weighted by Crippen LogP contribution is 2.27. The SMILES string of the molecule is Cc1ccc(NC(=S)Nc2ccc(SC(F)F)cc2)cc1S(=O)(=O)N1CCCCCC1. The van der Waals surface area contributed by atoms with Crippen LogP contribution < -0.4 is 10.6 Å². The normalized spacial score (nSPS) is 15.5. The molecule has 0 aliphatic carbocycles. The molecule has 0 radical (unpaired) electrons. The van der Waals surface area contributed by atoms with Crippen LogP contribution in [-0.4, -0.2) is 36.7 Å². The van der Waals surface area contributed by atoms with Gasteiger partial charge in [0.15, 0.2) is 5.11 Å². The fraction of sp³-hybridized carbons (Fsp3) is 0.381. The lowest BCUT2D eigenvalue weighted by Crippen LogP contribution is -2.32. The van der Waals surface area contributed by atoms with Crippen LogP contribution in [0.2, 0.25) is 0 Å². The summed E-state index contributed by atoms with van der Waals surface area (Å²) in [5, 5.41) is 6.26. The van der Waals surface area contributed by atoms with E-state index in [-0.39, 0.29) is 10.0 Å². The van der Waals surface area contributed by atoms with Crippen LogP contribution in [0, 0.1) is 6.92 Å². The summed E-state index contributed by atoms with van der Waals surface area (Å²) in [7, 11) is -3.58. The molecule has 0 atom stereocenters. The van der Waals surface area contributed by atoms with E-state index in [9.17, 15) is 17.2 Å². The third kappa shape index (κ3) is 6.61. The van der Waals surface area contributed by atoms with Gasteiger partial charge in [-0.15, -0.1) is 0 Å². The number of benzene rings is 2. The lowest BCUT2D eigenvalue weighted by molar-refractivity contribution is 0.252. The maximum Gasteiger partial charge on any atom is 0.288 e. The molecular formula is C21H25F2N3O2S3. The van der Waals surface area contributed by atoms with Crippen molar-refractivity contribution >= 4 is 50.5 Å². The topological polar surface area (TPSA) is 61.4 Å². The molecule has 2 aromatic carbocycles. The van der Waals surface area contributed by atoms with Crippen LogP contribution >= 0.6 is 24.0 Å². The van der Waals surface area contributed by atoms with Crippen LogP contribution in [-0.2, 0) is 10.0 Å². The number of hydrogen-bond donors (Lipinski definition) is 2. The van der Waals surface area contributed by atoms with E-state index in [0.29, 0.717) is 46.7 Å². The molecule has 2 N–H and O–H groups in total. The summed E-state index contributed by atoms with van der Waals surface area (Å²) >= 11 is 5.80. The van der Waals surface area contributed by atoms with Gasteiger partial charge in [-0.2, -0.15) is 13.1 Å². The Balaban J connectivity index is 1.70. The highest BCUT2D eigenvalue weighted by atomic mass is 32.2. The Bertz CT molecular complexity index is 1010. The zero-order chi connectivity index (χ0) is 22.4. The van der Waals surface area contributed by atoms with Crippen LogP contribution in [0.5, 0.6) is 0 Å². The number of rotatable bonds is 6. The molecule has 10 heteroatoms. The van der Waals surface area contributed by atoms with Gasteiger partial charge < -0.3 is 10.6 Å². The summed E-state index contributed by atoms with van der Waals surface area (Å²) in [6.07, 6.45) is 3.85. The molecule has 1 heterocycles. The van der Waals surface area contributed by atoms with Gasteiger partial charge in [-0.3, -0.25) is 0 Å². The number of hydrogen-bond acceptors (Lipinski definition) is 4. The molecule has 168 valence electrons. The number of alkyl halides is 2. The van der Waals surface area contributed by atoms with Crippen molar-refractivity contribution in [3.63, 3.8) is 0 Å². The van der Waals surface area contributed by atoms with Crippen LogP contribution in [0.4, 0.5) is 20.2 Å². The fourth-order valence-corrected chi connectivity index (χ4v) is 5.89. The van der Waals surface area contributed by atoms with Crippen molar-refractivity contribution in [2.24, 2.45) is 0 Å². The first-order valence-corrected chi connectivity index (χ1v) is 12.7. The van der Waals surface area contributed by atoms with E-state index in [2.05, 4.69) is 10.6 Å². The Hall–Kier alpha value is -1.75. The number of anilines is 2. The highest BCUT2D eigenvalue weighted by Gasteiger charge is 2.27. The summed E-state index contributed by atoms with van der Waals surface area (Å²) < 4.78 is 52.8. The first-order valence-electron chi connectivity index (χ1n) is 9.99. The summed E-state index contributed by atoms with van der Waals surface area (Å²) in [6.45, 7) is 2.86. The van der Waals surface area contributed by atoms with Crippen molar-refractivity contribution in [2.45, 2.75) is 48.2 Å². The minimum atomic E-state index is -3.58. The minimum absolute atomic E-state index is 0.274. The number of nitrogens with one attached hydrogen (secondary N) is 2. The van der Waals surface area contributed by atoms with Crippen molar-refractivity contribution in [1.82, 2.24) is 4.31 Å². The van der Waals surface area contributed by atoms with Crippen LogP contribution in [0.3, 0.4) is 0 Å². The molecule has 0 spiro atoms. The average molecular weight is 486 g/mol. The van der Waals surface area contributed by atoms with Crippen molar-refractivity contribution in [1.29, 1.82) is 0 Å². The number of nitrogens with zero attached hydrogens (tertiary/aromatic N) is 1. The van der Waals surface area contributed by atoms with Crippen molar-refractivity contribution in [2.75, 3.05) is 23.7 Å². The smallest absolute Gasteiger partial charge is 0.288 e. The maximum atomic E-state index is 13.2. The van der Waals surface area contributed by atoms with Gasteiger partial charge in [0.2, 0.25) is 10.0 Å².